The second-order valence-corrected chi connectivity index (χ2v) is 35.7. The number of carbonyl (C=O) groups is 6. The summed E-state index contributed by atoms with van der Waals surface area (Å²) in [5.74, 6) is -1.42. The van der Waals surface area contributed by atoms with Crippen LogP contribution in [0.25, 0.3) is 66.9 Å². The van der Waals surface area contributed by atoms with Crippen molar-refractivity contribution in [3.05, 3.63) is 190 Å². The van der Waals surface area contributed by atoms with Gasteiger partial charge in [0.1, 0.15) is 30.5 Å². The van der Waals surface area contributed by atoms with Gasteiger partial charge in [-0.05, 0) is 152 Å². The molecule has 0 fully saturated rings. The smallest absolute Gasteiger partial charge is 0.481 e. The fourth-order valence-electron chi connectivity index (χ4n) is 15.4. The van der Waals surface area contributed by atoms with Gasteiger partial charge in [0.05, 0.1) is 93.6 Å². The topological polar surface area (TPSA) is 372 Å². The molecule has 15 rings (SSSR count). The summed E-state index contributed by atoms with van der Waals surface area (Å²) < 4.78 is 60.9. The average Bonchev–Trinajstić information content (AvgIpc) is 1.50. The monoisotopic (exact) mass is 1930 g/mol. The Labute approximate surface area is 741 Å². The van der Waals surface area contributed by atoms with Gasteiger partial charge in [-0.25, -0.2) is 29.3 Å². The van der Waals surface area contributed by atoms with Gasteiger partial charge in [0, 0.05) is 95.7 Å². The third-order valence-corrected chi connectivity index (χ3v) is 28.3. The molecule has 0 aliphatic carbocycles. The Morgan fingerprint density at radius 2 is 0.861 bits per heavy atom. The molecule has 35 heteroatoms. The predicted molar refractivity (Wildman–Crippen MR) is 482 cm³/mol. The molecule has 6 aliphatic heterocycles. The van der Waals surface area contributed by atoms with Gasteiger partial charge in [-0.1, -0.05) is 137 Å². The molecule has 3 aromatic carbocycles. The number of ether oxygens (including phenoxy) is 5. The molecule has 0 saturated carbocycles. The lowest BCUT2D eigenvalue weighted by molar-refractivity contribution is -0.189. The van der Waals surface area contributed by atoms with Crippen LogP contribution in [0.15, 0.2) is 124 Å². The minimum absolute atomic E-state index is 0.0347. The summed E-state index contributed by atoms with van der Waals surface area (Å²) >= 11 is 12.9. The molecular weight excluding hydrogens is 1820 g/mol. The van der Waals surface area contributed by atoms with Gasteiger partial charge >= 0.3 is 53.2 Å². The van der Waals surface area contributed by atoms with Crippen LogP contribution in [0.1, 0.15) is 151 Å². The molecule has 0 spiro atoms. The number of esters is 5. The molecule has 0 bridgehead atoms. The van der Waals surface area contributed by atoms with Crippen molar-refractivity contribution >= 4 is 146 Å². The van der Waals surface area contributed by atoms with Crippen molar-refractivity contribution < 1.29 is 89.9 Å². The van der Waals surface area contributed by atoms with E-state index in [-0.39, 0.29) is 73.0 Å². The molecule has 6 aromatic heterocycles. The molecule has 0 radical (unpaired) electrons. The number of nitrogens with zero attached hydrogens (tertiary/aromatic N) is 6. The third-order valence-electron chi connectivity index (χ3n) is 20.9. The van der Waals surface area contributed by atoms with Crippen molar-refractivity contribution in [3.63, 3.8) is 0 Å². The molecule has 4 N–H and O–H groups in total. The first kappa shape index (κ1) is 98.9. The van der Waals surface area contributed by atoms with E-state index in [4.69, 9.17) is 71.0 Å². The number of pyridine rings is 6. The van der Waals surface area contributed by atoms with E-state index in [9.17, 15) is 48.3 Å². The highest BCUT2D eigenvalue weighted by atomic mass is 79.9. The molecule has 3 atom stereocenters. The summed E-state index contributed by atoms with van der Waals surface area (Å²) in [6, 6.07) is 36.3. The number of alkyl halides is 3. The van der Waals surface area contributed by atoms with Crippen molar-refractivity contribution in [2.24, 2.45) is 0 Å². The summed E-state index contributed by atoms with van der Waals surface area (Å²) in [4.78, 5) is 127. The Morgan fingerprint density at radius 3 is 1.20 bits per heavy atom. The standard InChI is InChI=1S/C30H37N3O7Si.C22H17BrN2O5.C20H16N2O4.C9H22O3SSi.C2H3BrO2.C2H6.CH3Br.CH4O/c1-5-30(40-26(34)17-31-13-10-14-41(4,38-6-2)39-7-3)23-16-25-27-21(15-20-11-8-9-12-24(20)32-27)18-33(25)28(35)22(23)19-37-29(30)36;1-2-22(30-18(26)9-23)15-8-17-19-13(7-12-5-3-4-6-16(12)24-19)10-25(17)20(27)14(15)11-29-21(22)28;1-2-20(25)14-8-16-17-12(7-11-5-3-4-6-15(11)21-17)9-22(16)18(23)13(14)10-26-19(20)24;1-4-10-14(11-5-2,12-6-3)9-7-8-13;3-1-2(4)5;3*1-2/h8-9,11-12,15-16,31H,5-7,10,13-14,17-19H2,1-4H3;3-8H,2,9-11H2,1H3;3-8,25H,2,9-10H2,1H3;13H,4-9H2,1-3H3;1H2,(H,4,5);1-2H3;1H3;2H,1H3/t30-;22-;20-;;;;;/m000...../s1. The number of fused-ring (bicyclic) bond motifs is 15. The highest BCUT2D eigenvalue weighted by Gasteiger charge is 2.53. The number of aliphatic hydroxyl groups excluding tert-OH is 1. The minimum atomic E-state index is -2.37. The molecule has 12 heterocycles. The molecule has 29 nitrogen and oxygen atoms in total. The molecule has 658 valence electrons. The SMILES string of the molecule is CBr.CC.CCO[Si](C)(CCCNCC(=O)O[C@]1(CC)C(=O)OCc2c1cc1n(c2=O)Cc2cc3ccccc3nc2-1)OCC.CCO[Si](CCCS)(OCC)OCC.CC[C@@]1(O)C(=O)OCc2c1cc1n(c2=O)Cc2cc3ccccc3nc2-1.CC[C@@]1(OC(=O)CBr)C(=O)OCc2c1cc1n(c2=O)Cc2cc3ccccc3nc2-1.CO.O=C(O)CBr. The van der Waals surface area contributed by atoms with E-state index in [0.717, 1.165) is 92.9 Å². The van der Waals surface area contributed by atoms with Crippen LogP contribution in [0.2, 0.25) is 18.6 Å². The van der Waals surface area contributed by atoms with Gasteiger partial charge in [0.2, 0.25) is 11.2 Å². The van der Waals surface area contributed by atoms with Gasteiger partial charge in [0.15, 0.2) is 5.60 Å². The van der Waals surface area contributed by atoms with E-state index < -0.39 is 70.0 Å². The number of benzene rings is 3. The summed E-state index contributed by atoms with van der Waals surface area (Å²) in [7, 11) is -3.60. The van der Waals surface area contributed by atoms with Crippen LogP contribution in [-0.4, -0.2) is 173 Å². The van der Waals surface area contributed by atoms with Crippen LogP contribution >= 0.6 is 60.4 Å². The zero-order chi connectivity index (χ0) is 89.4. The molecule has 122 heavy (non-hydrogen) atoms. The fourth-order valence-corrected chi connectivity index (χ4v) is 21.0. The number of thiol groups is 1. The van der Waals surface area contributed by atoms with Gasteiger partial charge in [-0.2, -0.15) is 12.6 Å². The summed E-state index contributed by atoms with van der Waals surface area (Å²) in [5.41, 5.74) is 5.44. The van der Waals surface area contributed by atoms with Crippen molar-refractivity contribution in [3.8, 4) is 34.2 Å². The number of aliphatic hydroxyl groups is 2. The van der Waals surface area contributed by atoms with E-state index in [1.165, 1.54) is 0 Å². The Hall–Kier alpha value is -8.54. The number of cyclic esters (lactones) is 3. The number of hydrogen-bond acceptors (Lipinski definition) is 26. The summed E-state index contributed by atoms with van der Waals surface area (Å²) in [5, 5.41) is 31.6. The highest BCUT2D eigenvalue weighted by Crippen LogP contribution is 2.45. The van der Waals surface area contributed by atoms with Gasteiger partial charge in [0.25, 0.3) is 16.7 Å². The fraction of sp³-hybridized carbons (Fsp3) is 0.448. The van der Waals surface area contributed by atoms with E-state index in [1.54, 1.807) is 52.7 Å². The van der Waals surface area contributed by atoms with Crippen LogP contribution < -0.4 is 22.0 Å². The molecule has 6 aliphatic rings. The van der Waals surface area contributed by atoms with Crippen LogP contribution in [0.3, 0.4) is 0 Å². The van der Waals surface area contributed by atoms with E-state index in [2.05, 4.69) is 65.7 Å². The van der Waals surface area contributed by atoms with Crippen LogP contribution in [0, 0.1) is 0 Å². The first-order chi connectivity index (χ1) is 58.8. The third kappa shape index (κ3) is 21.3. The maximum absolute atomic E-state index is 13.7. The second-order valence-electron chi connectivity index (χ2n) is 28.0. The van der Waals surface area contributed by atoms with Gasteiger partial charge < -0.3 is 80.2 Å². The lowest BCUT2D eigenvalue weighted by Gasteiger charge is -2.35. The lowest BCUT2D eigenvalue weighted by Crippen LogP contribution is -2.48. The summed E-state index contributed by atoms with van der Waals surface area (Å²) in [6.45, 7) is 25.4. The molecular formula is C87H108Br3N7O22SSi2. The number of aromatic nitrogens is 6. The van der Waals surface area contributed by atoms with Gasteiger partial charge in [-0.3, -0.25) is 28.8 Å². The second kappa shape index (κ2) is 45.4. The maximum Gasteiger partial charge on any atom is 0.500 e. The van der Waals surface area contributed by atoms with Crippen molar-refractivity contribution in [1.82, 2.24) is 34.0 Å². The number of halogens is 3. The number of carbonyl (C=O) groups excluding carboxylic acids is 5. The first-order valence-corrected chi connectivity index (χ1v) is 49.5. The summed E-state index contributed by atoms with van der Waals surface area (Å²) in [6.07, 6.45) is 2.16. The largest absolute Gasteiger partial charge is 0.500 e. The van der Waals surface area contributed by atoms with E-state index in [1.807, 2.05) is 152 Å². The Bertz CT molecular complexity index is 5420. The quantitative estimate of drug-likeness (QED) is 0.00839. The normalized spacial score (nSPS) is 16.8. The average molecular weight is 1930 g/mol. The number of hydrogen-bond donors (Lipinski definition) is 5. The molecule has 9 aromatic rings. The molecule has 0 unspecified atom stereocenters. The molecule has 0 saturated heterocycles. The number of carboxylic acids is 1. The van der Waals surface area contributed by atoms with Crippen molar-refractivity contribution in [1.29, 1.82) is 0 Å². The predicted octanol–water partition coefficient (Wildman–Crippen LogP) is 13.3. The lowest BCUT2D eigenvalue weighted by atomic mass is 9.85. The van der Waals surface area contributed by atoms with Crippen LogP contribution in [-0.2, 0) is 131 Å². The van der Waals surface area contributed by atoms with E-state index in [0.29, 0.717) is 121 Å². The Kier molecular flexibility index (Phi) is 36.8. The number of carboxylic acid groups (broad SMARTS) is 1. The maximum atomic E-state index is 13.7. The minimum Gasteiger partial charge on any atom is -0.481 e. The number of nitrogens with one attached hydrogen (secondary N) is 1. The zero-order valence-corrected chi connectivity index (χ0v) is 78.7. The number of para-hydroxylation sites is 3. The van der Waals surface area contributed by atoms with Crippen LogP contribution in [0.4, 0.5) is 0 Å². The van der Waals surface area contributed by atoms with Crippen molar-refractivity contribution in [2.75, 3.05) is 75.5 Å². The number of aliphatic carboxylic acids is 1. The Balaban J connectivity index is 0.000000203. The van der Waals surface area contributed by atoms with Crippen LogP contribution in [0.5, 0.6) is 0 Å². The zero-order valence-electron chi connectivity index (χ0n) is 71.0. The number of rotatable bonds is 26. The Morgan fingerprint density at radius 1 is 0.508 bits per heavy atom. The first-order valence-electron chi connectivity index (χ1n) is 40.6. The van der Waals surface area contributed by atoms with Crippen molar-refractivity contribution in [2.45, 2.75) is 176 Å². The molecule has 0 amide bonds. The highest BCUT2D eigenvalue weighted by molar-refractivity contribution is 9.09. The van der Waals surface area contributed by atoms with E-state index >= 15 is 0 Å². The van der Waals surface area contributed by atoms with Gasteiger partial charge in [-0.15, -0.1) is 0 Å².